The summed E-state index contributed by atoms with van der Waals surface area (Å²) in [4.78, 5) is 14.3. The van der Waals surface area contributed by atoms with Gasteiger partial charge in [0.05, 0.1) is 13.2 Å². The van der Waals surface area contributed by atoms with Crippen LogP contribution in [0.25, 0.3) is 0 Å². The maximum absolute atomic E-state index is 12.8. The van der Waals surface area contributed by atoms with Gasteiger partial charge in [0.25, 0.3) is 10.2 Å². The lowest BCUT2D eigenvalue weighted by molar-refractivity contribution is -0.134. The smallest absolute Gasteiger partial charge is 0.282 e. The van der Waals surface area contributed by atoms with E-state index in [1.807, 2.05) is 13.8 Å². The highest BCUT2D eigenvalue weighted by molar-refractivity contribution is 7.86. The highest BCUT2D eigenvalue weighted by atomic mass is 32.2. The summed E-state index contributed by atoms with van der Waals surface area (Å²) >= 11 is 0. The highest BCUT2D eigenvalue weighted by Crippen LogP contribution is 2.25. The predicted molar refractivity (Wildman–Crippen MR) is 82.3 cm³/mol. The van der Waals surface area contributed by atoms with Crippen LogP contribution in [0.2, 0.25) is 0 Å². The topological polar surface area (TPSA) is 96.2 Å². The van der Waals surface area contributed by atoms with Crippen LogP contribution in [0.4, 0.5) is 0 Å². The second kappa shape index (κ2) is 7.22. The molecule has 0 aromatic carbocycles. The number of carbonyl (C=O) groups is 1. The molecule has 2 N–H and O–H groups in total. The first-order valence-corrected chi connectivity index (χ1v) is 9.20. The van der Waals surface area contributed by atoms with E-state index in [0.717, 1.165) is 0 Å². The standard InChI is InChI=1S/C13H26N4O4S/c1-3-15(4-2)13(18)12-9-11(14)10-17(12)22(19,20)16-5-7-21-8-6-16/h11-12H,3-10,14H2,1-2H3/t11-,12+/m1/s1. The Hall–Kier alpha value is -0.740. The van der Waals surface area contributed by atoms with Crippen LogP contribution in [-0.4, -0.2) is 85.9 Å². The van der Waals surface area contributed by atoms with Crippen molar-refractivity contribution in [2.75, 3.05) is 45.9 Å². The normalized spacial score (nSPS) is 28.0. The van der Waals surface area contributed by atoms with E-state index in [-0.39, 0.29) is 18.5 Å². The van der Waals surface area contributed by atoms with Gasteiger partial charge in [-0.3, -0.25) is 4.79 Å². The van der Waals surface area contributed by atoms with Gasteiger partial charge in [0, 0.05) is 38.8 Å². The molecule has 9 heteroatoms. The van der Waals surface area contributed by atoms with Crippen LogP contribution in [0.1, 0.15) is 20.3 Å². The number of likely N-dealkylation sites (N-methyl/N-ethyl adjacent to an activating group) is 1. The molecule has 2 rings (SSSR count). The van der Waals surface area contributed by atoms with Crippen molar-refractivity contribution < 1.29 is 17.9 Å². The molecule has 0 radical (unpaired) electrons. The summed E-state index contributed by atoms with van der Waals surface area (Å²) in [5, 5.41) is 0. The van der Waals surface area contributed by atoms with Crippen LogP contribution in [-0.2, 0) is 19.7 Å². The molecule has 2 saturated heterocycles. The number of amides is 1. The van der Waals surface area contributed by atoms with Crippen LogP contribution in [0.5, 0.6) is 0 Å². The van der Waals surface area contributed by atoms with Crippen molar-refractivity contribution in [1.29, 1.82) is 0 Å². The molecular formula is C13H26N4O4S. The minimum Gasteiger partial charge on any atom is -0.379 e. The van der Waals surface area contributed by atoms with E-state index < -0.39 is 16.3 Å². The monoisotopic (exact) mass is 334 g/mol. The molecule has 2 heterocycles. The second-order valence-corrected chi connectivity index (χ2v) is 7.49. The number of hydrogen-bond acceptors (Lipinski definition) is 5. The summed E-state index contributed by atoms with van der Waals surface area (Å²) in [6.07, 6.45) is 0.374. The first-order chi connectivity index (χ1) is 10.4. The summed E-state index contributed by atoms with van der Waals surface area (Å²) in [7, 11) is -3.68. The van der Waals surface area contributed by atoms with Gasteiger partial charge in [-0.25, -0.2) is 0 Å². The van der Waals surface area contributed by atoms with E-state index in [1.54, 1.807) is 4.90 Å². The third-order valence-corrected chi connectivity index (χ3v) is 6.25. The summed E-state index contributed by atoms with van der Waals surface area (Å²) in [5.74, 6) is -0.158. The Morgan fingerprint density at radius 1 is 1.27 bits per heavy atom. The third kappa shape index (κ3) is 3.43. The van der Waals surface area contributed by atoms with Crippen LogP contribution in [0, 0.1) is 0 Å². The molecule has 2 fully saturated rings. The average molecular weight is 334 g/mol. The molecule has 2 aliphatic heterocycles. The number of nitrogens with two attached hydrogens (primary N) is 1. The zero-order valence-electron chi connectivity index (χ0n) is 13.3. The number of ether oxygens (including phenoxy) is 1. The average Bonchev–Trinajstić information content (AvgIpc) is 2.92. The molecule has 8 nitrogen and oxygen atoms in total. The van der Waals surface area contributed by atoms with Gasteiger partial charge in [-0.05, 0) is 20.3 Å². The lowest BCUT2D eigenvalue weighted by Crippen LogP contribution is -2.54. The zero-order valence-corrected chi connectivity index (χ0v) is 14.1. The Labute approximate surface area is 132 Å². The van der Waals surface area contributed by atoms with Crippen LogP contribution >= 0.6 is 0 Å². The van der Waals surface area contributed by atoms with Crippen molar-refractivity contribution in [3.63, 3.8) is 0 Å². The van der Waals surface area contributed by atoms with E-state index in [4.69, 9.17) is 10.5 Å². The molecule has 0 aliphatic carbocycles. The first-order valence-electron chi connectivity index (χ1n) is 7.80. The highest BCUT2D eigenvalue weighted by Gasteiger charge is 2.45. The summed E-state index contributed by atoms with van der Waals surface area (Å²) in [5.41, 5.74) is 5.94. The molecular weight excluding hydrogens is 308 g/mol. The maximum atomic E-state index is 12.8. The van der Waals surface area contributed by atoms with E-state index in [9.17, 15) is 13.2 Å². The van der Waals surface area contributed by atoms with Gasteiger partial charge in [0.1, 0.15) is 6.04 Å². The molecule has 0 spiro atoms. The molecule has 2 atom stereocenters. The van der Waals surface area contributed by atoms with Crippen molar-refractivity contribution in [3.8, 4) is 0 Å². The molecule has 1 amide bonds. The minimum atomic E-state index is -3.68. The van der Waals surface area contributed by atoms with Crippen molar-refractivity contribution in [1.82, 2.24) is 13.5 Å². The first kappa shape index (κ1) is 17.6. The van der Waals surface area contributed by atoms with Gasteiger partial charge in [0.15, 0.2) is 0 Å². The lowest BCUT2D eigenvalue weighted by atomic mass is 10.1. The fourth-order valence-corrected chi connectivity index (χ4v) is 4.77. The van der Waals surface area contributed by atoms with Gasteiger partial charge in [-0.2, -0.15) is 17.0 Å². The summed E-state index contributed by atoms with van der Waals surface area (Å²) in [6, 6.07) is -0.997. The van der Waals surface area contributed by atoms with E-state index >= 15 is 0 Å². The zero-order chi connectivity index (χ0) is 16.3. The molecule has 0 saturated carbocycles. The maximum Gasteiger partial charge on any atom is 0.282 e. The van der Waals surface area contributed by atoms with E-state index in [1.165, 1.54) is 8.61 Å². The van der Waals surface area contributed by atoms with E-state index in [2.05, 4.69) is 0 Å². The van der Waals surface area contributed by atoms with Crippen LogP contribution < -0.4 is 5.73 Å². The molecule has 22 heavy (non-hydrogen) atoms. The van der Waals surface area contributed by atoms with Crippen molar-refractivity contribution >= 4 is 16.1 Å². The van der Waals surface area contributed by atoms with Gasteiger partial charge >= 0.3 is 0 Å². The Morgan fingerprint density at radius 3 is 2.41 bits per heavy atom. The van der Waals surface area contributed by atoms with Crippen LogP contribution in [0.3, 0.4) is 0 Å². The summed E-state index contributed by atoms with van der Waals surface area (Å²) < 4.78 is 33.5. The Balaban J connectivity index is 2.21. The Kier molecular flexibility index (Phi) is 5.78. The molecule has 128 valence electrons. The Bertz CT molecular complexity index is 488. The fourth-order valence-electron chi connectivity index (χ4n) is 2.99. The van der Waals surface area contributed by atoms with Crippen molar-refractivity contribution in [3.05, 3.63) is 0 Å². The quantitative estimate of drug-likeness (QED) is 0.684. The van der Waals surface area contributed by atoms with Crippen molar-refractivity contribution in [2.24, 2.45) is 5.73 Å². The second-order valence-electron chi connectivity index (χ2n) is 5.61. The Morgan fingerprint density at radius 2 is 1.86 bits per heavy atom. The largest absolute Gasteiger partial charge is 0.379 e. The predicted octanol–water partition coefficient (Wildman–Crippen LogP) is -1.17. The van der Waals surface area contributed by atoms with Gasteiger partial charge in [0.2, 0.25) is 5.91 Å². The van der Waals surface area contributed by atoms with Crippen molar-refractivity contribution in [2.45, 2.75) is 32.4 Å². The molecule has 0 unspecified atom stereocenters. The van der Waals surface area contributed by atoms with Crippen LogP contribution in [0.15, 0.2) is 0 Å². The minimum absolute atomic E-state index is 0.158. The number of rotatable bonds is 5. The van der Waals surface area contributed by atoms with Gasteiger partial charge in [-0.1, -0.05) is 0 Å². The molecule has 0 bridgehead atoms. The van der Waals surface area contributed by atoms with Gasteiger partial charge < -0.3 is 15.4 Å². The number of hydrogen-bond donors (Lipinski definition) is 1. The number of nitrogens with zero attached hydrogens (tertiary/aromatic N) is 3. The number of morpholine rings is 1. The molecule has 0 aromatic rings. The molecule has 0 aromatic heterocycles. The van der Waals surface area contributed by atoms with Gasteiger partial charge in [-0.15, -0.1) is 0 Å². The molecule has 2 aliphatic rings. The SMILES string of the molecule is CCN(CC)C(=O)[C@@H]1C[C@@H](N)CN1S(=O)(=O)N1CCOCC1. The lowest BCUT2D eigenvalue weighted by Gasteiger charge is -2.33. The summed E-state index contributed by atoms with van der Waals surface area (Å²) in [6.45, 7) is 6.49. The fraction of sp³-hybridized carbons (Fsp3) is 0.923. The third-order valence-electron chi connectivity index (χ3n) is 4.24. The number of carbonyl (C=O) groups excluding carboxylic acids is 1. The van der Waals surface area contributed by atoms with E-state index in [0.29, 0.717) is 45.8 Å².